The van der Waals surface area contributed by atoms with Gasteiger partial charge in [0, 0.05) is 12.6 Å². The number of hydrogen-bond acceptors (Lipinski definition) is 5. The van der Waals surface area contributed by atoms with Crippen LogP contribution in [0.5, 0.6) is 5.75 Å². The Labute approximate surface area is 158 Å². The van der Waals surface area contributed by atoms with Crippen molar-refractivity contribution in [2.24, 2.45) is 0 Å². The summed E-state index contributed by atoms with van der Waals surface area (Å²) >= 11 is 0. The summed E-state index contributed by atoms with van der Waals surface area (Å²) in [4.78, 5) is 23.5. The first-order valence-corrected chi connectivity index (χ1v) is 9.88. The maximum absolute atomic E-state index is 11.9. The first-order valence-electron chi connectivity index (χ1n) is 8.03. The Balaban J connectivity index is 1.87. The molecule has 0 unspecified atom stereocenters. The van der Waals surface area contributed by atoms with Gasteiger partial charge in [-0.3, -0.25) is 20.4 Å². The van der Waals surface area contributed by atoms with Crippen molar-refractivity contribution in [1.29, 1.82) is 0 Å². The van der Waals surface area contributed by atoms with Crippen LogP contribution in [0.3, 0.4) is 0 Å². The molecule has 2 aromatic rings. The summed E-state index contributed by atoms with van der Waals surface area (Å²) in [5.41, 5.74) is 6.11. The number of nitrogens with zero attached hydrogens (tertiary/aromatic N) is 1. The summed E-state index contributed by atoms with van der Waals surface area (Å²) in [7, 11) is -2.21. The highest BCUT2D eigenvalue weighted by Crippen LogP contribution is 2.29. The molecule has 0 saturated carbocycles. The van der Waals surface area contributed by atoms with E-state index < -0.39 is 28.4 Å². The van der Waals surface area contributed by atoms with Gasteiger partial charge in [0.05, 0.1) is 12.8 Å². The fourth-order valence-corrected chi connectivity index (χ4v) is 2.48. The van der Waals surface area contributed by atoms with E-state index in [1.165, 1.54) is 7.05 Å². The molecule has 8 nitrogen and oxygen atoms in total. The van der Waals surface area contributed by atoms with Gasteiger partial charge in [-0.2, -0.15) is 4.31 Å². The number of nitrogens with one attached hydrogen (secondary N) is 2. The van der Waals surface area contributed by atoms with Crippen LogP contribution in [0.4, 0.5) is 0 Å². The lowest BCUT2D eigenvalue weighted by Gasteiger charge is -2.14. The van der Waals surface area contributed by atoms with Crippen LogP contribution in [0.2, 0.25) is 0 Å². The summed E-state index contributed by atoms with van der Waals surface area (Å²) in [6.07, 6.45) is 0.983. The Morgan fingerprint density at radius 1 is 0.963 bits per heavy atom. The Kier molecular flexibility index (Phi) is 6.91. The predicted molar refractivity (Wildman–Crippen MR) is 101 cm³/mol. The lowest BCUT2D eigenvalue weighted by molar-refractivity contribution is -0.130. The lowest BCUT2D eigenvalue weighted by atomic mass is 10.1. The number of sulfonamides is 1. The summed E-state index contributed by atoms with van der Waals surface area (Å²) < 4.78 is 28.9. The first kappa shape index (κ1) is 20.4. The maximum atomic E-state index is 11.9. The molecule has 27 heavy (non-hydrogen) atoms. The number of hydrazine groups is 1. The minimum absolute atomic E-state index is 0.313. The van der Waals surface area contributed by atoms with E-state index in [2.05, 4.69) is 10.9 Å². The molecule has 0 saturated heterocycles. The van der Waals surface area contributed by atoms with Crippen molar-refractivity contribution in [2.75, 3.05) is 26.5 Å². The molecule has 0 fully saturated rings. The average molecular weight is 391 g/mol. The number of amides is 2. The summed E-state index contributed by atoms with van der Waals surface area (Å²) in [6, 6.07) is 16.9. The summed E-state index contributed by atoms with van der Waals surface area (Å²) in [6.45, 7) is -0.719. The number of para-hydroxylation sites is 1. The minimum Gasteiger partial charge on any atom is -0.483 e. The number of benzene rings is 2. The molecule has 9 heteroatoms. The molecule has 2 amide bonds. The standard InChI is InChI=1S/C18H21N3O5S/c1-21(27(2,24)25)12-17(22)19-20-18(23)13-26-16-11-7-6-10-15(16)14-8-4-3-5-9-14/h3-11H,12-13H2,1-2H3,(H,19,22)(H,20,23). The second-order valence-electron chi connectivity index (χ2n) is 5.77. The first-order chi connectivity index (χ1) is 12.8. The van der Waals surface area contributed by atoms with Crippen molar-refractivity contribution in [3.63, 3.8) is 0 Å². The largest absolute Gasteiger partial charge is 0.483 e. The predicted octanol–water partition coefficient (Wildman–Crippen LogP) is 0.771. The van der Waals surface area contributed by atoms with Gasteiger partial charge in [0.2, 0.25) is 10.0 Å². The molecular formula is C18H21N3O5S. The highest BCUT2D eigenvalue weighted by atomic mass is 32.2. The molecule has 2 aromatic carbocycles. The van der Waals surface area contributed by atoms with Gasteiger partial charge in [0.1, 0.15) is 5.75 Å². The van der Waals surface area contributed by atoms with Gasteiger partial charge >= 0.3 is 0 Å². The molecule has 0 spiro atoms. The molecular weight excluding hydrogens is 370 g/mol. The van der Waals surface area contributed by atoms with E-state index in [4.69, 9.17) is 4.74 Å². The molecule has 0 aromatic heterocycles. The Morgan fingerprint density at radius 2 is 1.56 bits per heavy atom. The molecule has 0 bridgehead atoms. The van der Waals surface area contributed by atoms with Crippen LogP contribution in [0.1, 0.15) is 0 Å². The zero-order valence-electron chi connectivity index (χ0n) is 15.0. The fourth-order valence-electron chi connectivity index (χ4n) is 2.13. The van der Waals surface area contributed by atoms with Crippen LogP contribution in [0, 0.1) is 0 Å². The van der Waals surface area contributed by atoms with Crippen molar-refractivity contribution < 1.29 is 22.7 Å². The summed E-state index contributed by atoms with van der Waals surface area (Å²) in [5, 5.41) is 0. The quantitative estimate of drug-likeness (QED) is 0.679. The SMILES string of the molecule is CN(CC(=O)NNC(=O)COc1ccccc1-c1ccccc1)S(C)(=O)=O. The zero-order valence-corrected chi connectivity index (χ0v) is 15.8. The van der Waals surface area contributed by atoms with Crippen molar-refractivity contribution >= 4 is 21.8 Å². The highest BCUT2D eigenvalue weighted by Gasteiger charge is 2.15. The van der Waals surface area contributed by atoms with E-state index in [1.54, 1.807) is 12.1 Å². The monoisotopic (exact) mass is 391 g/mol. The van der Waals surface area contributed by atoms with E-state index in [0.29, 0.717) is 5.75 Å². The molecule has 144 valence electrons. The third-order valence-electron chi connectivity index (χ3n) is 3.60. The third-order valence-corrected chi connectivity index (χ3v) is 4.87. The van der Waals surface area contributed by atoms with Crippen LogP contribution < -0.4 is 15.6 Å². The Bertz CT molecular complexity index is 900. The number of carbonyl (C=O) groups is 2. The molecule has 2 rings (SSSR count). The van der Waals surface area contributed by atoms with Gasteiger partial charge in [-0.25, -0.2) is 8.42 Å². The van der Waals surface area contributed by atoms with E-state index >= 15 is 0 Å². The van der Waals surface area contributed by atoms with Gasteiger partial charge in [-0.05, 0) is 11.6 Å². The number of ether oxygens (including phenoxy) is 1. The van der Waals surface area contributed by atoms with Gasteiger partial charge in [0.25, 0.3) is 11.8 Å². The molecule has 0 radical (unpaired) electrons. The number of carbonyl (C=O) groups excluding carboxylic acids is 2. The van der Waals surface area contributed by atoms with Crippen LogP contribution in [-0.4, -0.2) is 51.0 Å². The van der Waals surface area contributed by atoms with E-state index in [0.717, 1.165) is 21.7 Å². The fraction of sp³-hybridized carbons (Fsp3) is 0.222. The molecule has 0 aliphatic carbocycles. The number of rotatable bonds is 7. The van der Waals surface area contributed by atoms with Crippen LogP contribution in [0.15, 0.2) is 54.6 Å². The van der Waals surface area contributed by atoms with E-state index in [-0.39, 0.29) is 6.61 Å². The van der Waals surface area contributed by atoms with Gasteiger partial charge in [-0.15, -0.1) is 0 Å². The van der Waals surface area contributed by atoms with Crippen LogP contribution >= 0.6 is 0 Å². The Hall–Kier alpha value is -2.91. The van der Waals surface area contributed by atoms with E-state index in [9.17, 15) is 18.0 Å². The van der Waals surface area contributed by atoms with Crippen molar-refractivity contribution in [3.05, 3.63) is 54.6 Å². The normalized spacial score (nSPS) is 11.1. The topological polar surface area (TPSA) is 105 Å². The molecule has 0 heterocycles. The minimum atomic E-state index is -3.48. The van der Waals surface area contributed by atoms with Crippen molar-refractivity contribution in [2.45, 2.75) is 0 Å². The van der Waals surface area contributed by atoms with E-state index in [1.807, 2.05) is 42.5 Å². The summed E-state index contributed by atoms with van der Waals surface area (Å²) in [5.74, 6) is -0.712. The van der Waals surface area contributed by atoms with Crippen molar-refractivity contribution in [1.82, 2.24) is 15.2 Å². The second kappa shape index (κ2) is 9.15. The second-order valence-corrected chi connectivity index (χ2v) is 7.86. The number of hydrogen-bond donors (Lipinski definition) is 2. The molecule has 0 atom stereocenters. The number of likely N-dealkylation sites (N-methyl/N-ethyl adjacent to an activating group) is 1. The van der Waals surface area contributed by atoms with Crippen molar-refractivity contribution in [3.8, 4) is 16.9 Å². The van der Waals surface area contributed by atoms with Crippen LogP contribution in [-0.2, 0) is 19.6 Å². The molecule has 0 aliphatic heterocycles. The molecule has 2 N–H and O–H groups in total. The van der Waals surface area contributed by atoms with Crippen LogP contribution in [0.25, 0.3) is 11.1 Å². The third kappa shape index (κ3) is 6.39. The Morgan fingerprint density at radius 3 is 2.22 bits per heavy atom. The average Bonchev–Trinajstić information content (AvgIpc) is 2.65. The maximum Gasteiger partial charge on any atom is 0.276 e. The van der Waals surface area contributed by atoms with Gasteiger partial charge in [-0.1, -0.05) is 48.5 Å². The molecule has 0 aliphatic rings. The zero-order chi connectivity index (χ0) is 19.9. The lowest BCUT2D eigenvalue weighted by Crippen LogP contribution is -2.47. The smallest absolute Gasteiger partial charge is 0.276 e. The van der Waals surface area contributed by atoms with Gasteiger partial charge < -0.3 is 4.74 Å². The van der Waals surface area contributed by atoms with Gasteiger partial charge in [0.15, 0.2) is 6.61 Å². The highest BCUT2D eigenvalue weighted by molar-refractivity contribution is 7.88.